The third kappa shape index (κ3) is 4.79. The molecule has 0 atom stereocenters. The minimum absolute atomic E-state index is 0.282. The van der Waals surface area contributed by atoms with Crippen molar-refractivity contribution in [2.75, 3.05) is 7.11 Å². The Balaban J connectivity index is 2.02. The zero-order chi connectivity index (χ0) is 15.8. The van der Waals surface area contributed by atoms with Crippen LogP contribution < -0.4 is 9.57 Å². The van der Waals surface area contributed by atoms with Crippen molar-refractivity contribution < 1.29 is 19.1 Å². The van der Waals surface area contributed by atoms with E-state index < -0.39 is 5.97 Å². The van der Waals surface area contributed by atoms with Crippen molar-refractivity contribution in [2.24, 2.45) is 5.16 Å². The van der Waals surface area contributed by atoms with Crippen LogP contribution in [-0.4, -0.2) is 19.3 Å². The van der Waals surface area contributed by atoms with Gasteiger partial charge in [-0.25, -0.2) is 4.79 Å². The number of oxime groups is 1. The van der Waals surface area contributed by atoms with Gasteiger partial charge in [-0.3, -0.25) is 0 Å². The highest BCUT2D eigenvalue weighted by Gasteiger charge is 2.05. The molecule has 22 heavy (non-hydrogen) atoms. The van der Waals surface area contributed by atoms with Crippen LogP contribution in [0.3, 0.4) is 0 Å². The van der Waals surface area contributed by atoms with Crippen molar-refractivity contribution in [3.05, 3.63) is 59.1 Å². The summed E-state index contributed by atoms with van der Waals surface area (Å²) in [6, 6.07) is 14.3. The van der Waals surface area contributed by atoms with Gasteiger partial charge in [-0.05, 0) is 24.3 Å². The Morgan fingerprint density at radius 2 is 2.05 bits per heavy atom. The van der Waals surface area contributed by atoms with Crippen LogP contribution in [0.15, 0.2) is 53.7 Å². The van der Waals surface area contributed by atoms with E-state index in [2.05, 4.69) is 9.89 Å². The second-order valence-electron chi connectivity index (χ2n) is 4.20. The average Bonchev–Trinajstić information content (AvgIpc) is 2.54. The molecule has 0 aromatic heterocycles. The molecular formula is C16H14ClNO4. The van der Waals surface area contributed by atoms with Gasteiger partial charge in [0.15, 0.2) is 12.0 Å². The standard InChI is InChI=1S/C16H14ClNO4/c1-20-16(19)10-18-22-15-8-3-2-5-12(15)11-21-14-7-4-6-13(17)9-14/h2-10H,11H2,1H3. The van der Waals surface area contributed by atoms with Crippen LogP contribution >= 0.6 is 11.6 Å². The number of para-hydroxylation sites is 1. The van der Waals surface area contributed by atoms with Gasteiger partial charge >= 0.3 is 5.97 Å². The Kier molecular flexibility index (Phi) is 5.80. The molecular weight excluding hydrogens is 306 g/mol. The van der Waals surface area contributed by atoms with E-state index in [1.807, 2.05) is 18.2 Å². The Morgan fingerprint density at radius 1 is 1.23 bits per heavy atom. The Hall–Kier alpha value is -2.53. The highest BCUT2D eigenvalue weighted by molar-refractivity contribution is 6.30. The lowest BCUT2D eigenvalue weighted by Crippen LogP contribution is -2.03. The number of carbonyl (C=O) groups excluding carboxylic acids is 1. The quantitative estimate of drug-likeness (QED) is 0.465. The molecule has 0 unspecified atom stereocenters. The monoisotopic (exact) mass is 319 g/mol. The van der Waals surface area contributed by atoms with E-state index in [1.54, 1.807) is 30.3 Å². The van der Waals surface area contributed by atoms with Crippen molar-refractivity contribution in [3.8, 4) is 11.5 Å². The summed E-state index contributed by atoms with van der Waals surface area (Å²) in [5, 5.41) is 4.17. The highest BCUT2D eigenvalue weighted by atomic mass is 35.5. The normalized spacial score (nSPS) is 10.5. The van der Waals surface area contributed by atoms with Crippen LogP contribution in [0.2, 0.25) is 5.02 Å². The Bertz CT molecular complexity index is 673. The van der Waals surface area contributed by atoms with E-state index in [0.717, 1.165) is 11.8 Å². The molecule has 0 aliphatic carbocycles. The zero-order valence-corrected chi connectivity index (χ0v) is 12.6. The van der Waals surface area contributed by atoms with Crippen LogP contribution in [0.5, 0.6) is 11.5 Å². The van der Waals surface area contributed by atoms with Gasteiger partial charge in [0.1, 0.15) is 12.4 Å². The molecule has 0 N–H and O–H groups in total. The van der Waals surface area contributed by atoms with Crippen molar-refractivity contribution in [2.45, 2.75) is 6.61 Å². The second kappa shape index (κ2) is 8.05. The van der Waals surface area contributed by atoms with Gasteiger partial charge in [0, 0.05) is 10.6 Å². The molecule has 0 aliphatic heterocycles. The third-order valence-electron chi connectivity index (χ3n) is 2.67. The minimum Gasteiger partial charge on any atom is -0.489 e. The molecule has 6 heteroatoms. The third-order valence-corrected chi connectivity index (χ3v) is 2.91. The predicted molar refractivity (Wildman–Crippen MR) is 83.4 cm³/mol. The van der Waals surface area contributed by atoms with Gasteiger partial charge in [0.2, 0.25) is 0 Å². The molecule has 0 saturated carbocycles. The molecule has 0 heterocycles. The number of methoxy groups -OCH3 is 1. The first kappa shape index (κ1) is 15.9. The lowest BCUT2D eigenvalue weighted by Gasteiger charge is -2.09. The summed E-state index contributed by atoms with van der Waals surface area (Å²) >= 11 is 5.90. The zero-order valence-electron chi connectivity index (χ0n) is 11.9. The van der Waals surface area contributed by atoms with Crippen molar-refractivity contribution >= 4 is 23.8 Å². The van der Waals surface area contributed by atoms with E-state index in [-0.39, 0.29) is 6.61 Å². The molecule has 0 aliphatic rings. The number of hydrogen-bond donors (Lipinski definition) is 0. The topological polar surface area (TPSA) is 57.1 Å². The number of esters is 1. The molecule has 0 radical (unpaired) electrons. The van der Waals surface area contributed by atoms with Gasteiger partial charge in [-0.15, -0.1) is 0 Å². The number of carbonyl (C=O) groups is 1. The van der Waals surface area contributed by atoms with Crippen LogP contribution in [-0.2, 0) is 16.1 Å². The molecule has 0 fully saturated rings. The van der Waals surface area contributed by atoms with Crippen molar-refractivity contribution in [1.29, 1.82) is 0 Å². The number of hydrogen-bond acceptors (Lipinski definition) is 5. The van der Waals surface area contributed by atoms with Gasteiger partial charge in [0.25, 0.3) is 0 Å². The number of rotatable bonds is 6. The molecule has 114 valence electrons. The van der Waals surface area contributed by atoms with Crippen molar-refractivity contribution in [1.82, 2.24) is 0 Å². The highest BCUT2D eigenvalue weighted by Crippen LogP contribution is 2.22. The van der Waals surface area contributed by atoms with Crippen LogP contribution in [0.1, 0.15) is 5.56 Å². The molecule has 0 saturated heterocycles. The Labute approximate surface area is 133 Å². The fourth-order valence-corrected chi connectivity index (χ4v) is 1.79. The summed E-state index contributed by atoms with van der Waals surface area (Å²) < 4.78 is 10.1. The van der Waals surface area contributed by atoms with E-state index in [0.29, 0.717) is 16.5 Å². The molecule has 0 spiro atoms. The SMILES string of the molecule is COC(=O)C=NOc1ccccc1COc1cccc(Cl)c1. The van der Waals surface area contributed by atoms with Gasteiger partial charge in [-0.2, -0.15) is 0 Å². The smallest absolute Gasteiger partial charge is 0.352 e. The lowest BCUT2D eigenvalue weighted by molar-refractivity contribution is -0.132. The number of nitrogens with zero attached hydrogens (tertiary/aromatic N) is 1. The van der Waals surface area contributed by atoms with Crippen molar-refractivity contribution in [3.63, 3.8) is 0 Å². The second-order valence-corrected chi connectivity index (χ2v) is 4.64. The molecule has 2 rings (SSSR count). The molecule has 2 aromatic carbocycles. The first-order chi connectivity index (χ1) is 10.7. The van der Waals surface area contributed by atoms with Gasteiger partial charge < -0.3 is 14.3 Å². The molecule has 5 nitrogen and oxygen atoms in total. The fourth-order valence-electron chi connectivity index (χ4n) is 1.61. The summed E-state index contributed by atoms with van der Waals surface area (Å²) in [7, 11) is 1.27. The summed E-state index contributed by atoms with van der Waals surface area (Å²) in [6.45, 7) is 0.282. The van der Waals surface area contributed by atoms with Gasteiger partial charge in [0.05, 0.1) is 7.11 Å². The maximum atomic E-state index is 10.9. The maximum absolute atomic E-state index is 10.9. The van der Waals surface area contributed by atoms with Crippen LogP contribution in [0, 0.1) is 0 Å². The number of ether oxygens (including phenoxy) is 2. The number of benzene rings is 2. The minimum atomic E-state index is -0.590. The maximum Gasteiger partial charge on any atom is 0.352 e. The summed E-state index contributed by atoms with van der Waals surface area (Å²) in [5.74, 6) is 0.553. The fraction of sp³-hybridized carbons (Fsp3) is 0.125. The first-order valence-electron chi connectivity index (χ1n) is 6.43. The summed E-state index contributed by atoms with van der Waals surface area (Å²) in [5.41, 5.74) is 0.782. The predicted octanol–water partition coefficient (Wildman–Crippen LogP) is 3.46. The first-order valence-corrected chi connectivity index (χ1v) is 6.81. The average molecular weight is 320 g/mol. The van der Waals surface area contributed by atoms with E-state index in [9.17, 15) is 4.79 Å². The van der Waals surface area contributed by atoms with E-state index >= 15 is 0 Å². The van der Waals surface area contributed by atoms with Crippen LogP contribution in [0.4, 0.5) is 0 Å². The van der Waals surface area contributed by atoms with Gasteiger partial charge in [-0.1, -0.05) is 41.0 Å². The molecule has 0 bridgehead atoms. The largest absolute Gasteiger partial charge is 0.489 e. The molecule has 2 aromatic rings. The Morgan fingerprint density at radius 3 is 2.82 bits per heavy atom. The molecule has 0 amide bonds. The summed E-state index contributed by atoms with van der Waals surface area (Å²) in [6.07, 6.45) is 0.953. The van der Waals surface area contributed by atoms with E-state index in [4.69, 9.17) is 21.2 Å². The lowest BCUT2D eigenvalue weighted by atomic mass is 10.2. The number of halogens is 1. The summed E-state index contributed by atoms with van der Waals surface area (Å²) in [4.78, 5) is 16.1. The van der Waals surface area contributed by atoms with Crippen LogP contribution in [0.25, 0.3) is 0 Å². The van der Waals surface area contributed by atoms with E-state index in [1.165, 1.54) is 7.11 Å².